The molecular weight excluding hydrogens is 863 g/mol. The van der Waals surface area contributed by atoms with E-state index < -0.39 is 8.07 Å². The average Bonchev–Trinajstić information content (AvgIpc) is 4.08. The first-order valence-corrected chi connectivity index (χ1v) is 26.2. The van der Waals surface area contributed by atoms with Gasteiger partial charge in [0.25, 0.3) is 0 Å². The molecule has 0 atom stereocenters. The van der Waals surface area contributed by atoms with Crippen LogP contribution >= 0.6 is 0 Å². The van der Waals surface area contributed by atoms with E-state index in [0.717, 1.165) is 22.7 Å². The van der Waals surface area contributed by atoms with Gasteiger partial charge in [-0.25, -0.2) is 0 Å². The molecule has 0 aliphatic rings. The molecule has 11 aromatic carbocycles. The standard InChI is InChI=1S/C66H45N3Si/c1-4-17-52(18-5-1)70(53-19-6-2-7-20-53,54-21-8-3-9-22-54)55-42-40-50(41-43-55)67(49-36-38-51(39-37-49)68-62-28-13-10-23-56(62)57-24-11-14-29-63(57)68)48-34-31-46(32-35-48)47-33-44-59-61-27-16-26-60-58-25-12-15-30-64(58)69(66(60)61)65(59)45-47/h1-45H. The Morgan fingerprint density at radius 1 is 0.271 bits per heavy atom. The van der Waals surface area contributed by atoms with Crippen molar-refractivity contribution in [2.45, 2.75) is 0 Å². The van der Waals surface area contributed by atoms with E-state index in [-0.39, 0.29) is 0 Å². The van der Waals surface area contributed by atoms with E-state index in [9.17, 15) is 0 Å². The van der Waals surface area contributed by atoms with Gasteiger partial charge in [0.05, 0.1) is 27.6 Å². The van der Waals surface area contributed by atoms with E-state index in [4.69, 9.17) is 0 Å². The lowest BCUT2D eigenvalue weighted by Crippen LogP contribution is -2.74. The predicted octanol–water partition coefficient (Wildman–Crippen LogP) is 14.4. The van der Waals surface area contributed by atoms with Gasteiger partial charge in [-0.05, 0) is 105 Å². The monoisotopic (exact) mass is 907 g/mol. The summed E-state index contributed by atoms with van der Waals surface area (Å²) in [5, 5.41) is 13.1. The van der Waals surface area contributed by atoms with Crippen LogP contribution in [0.25, 0.3) is 76.7 Å². The summed E-state index contributed by atoms with van der Waals surface area (Å²) in [6, 6.07) is 101. The van der Waals surface area contributed by atoms with E-state index in [1.165, 1.54) is 91.8 Å². The highest BCUT2D eigenvalue weighted by Crippen LogP contribution is 2.42. The van der Waals surface area contributed by atoms with Gasteiger partial charge >= 0.3 is 0 Å². The van der Waals surface area contributed by atoms with Crippen molar-refractivity contribution in [1.82, 2.24) is 8.97 Å². The molecule has 0 aliphatic heterocycles. The van der Waals surface area contributed by atoms with Crippen molar-refractivity contribution in [2.24, 2.45) is 0 Å². The molecule has 0 saturated heterocycles. The molecule has 3 heterocycles. The molecule has 14 aromatic rings. The average molecular weight is 908 g/mol. The number of fused-ring (bicyclic) bond motifs is 9. The number of benzene rings is 11. The van der Waals surface area contributed by atoms with Crippen LogP contribution in [0.15, 0.2) is 273 Å². The van der Waals surface area contributed by atoms with Gasteiger partial charge in [0, 0.05) is 55.1 Å². The molecule has 0 spiro atoms. The fourth-order valence-electron chi connectivity index (χ4n) is 11.7. The second-order valence-corrected chi connectivity index (χ2v) is 22.3. The maximum atomic E-state index is 2.46. The van der Waals surface area contributed by atoms with E-state index in [2.05, 4.69) is 287 Å². The second-order valence-electron chi connectivity index (χ2n) is 18.4. The quantitative estimate of drug-likeness (QED) is 0.104. The fourth-order valence-corrected chi connectivity index (χ4v) is 16.5. The van der Waals surface area contributed by atoms with Crippen LogP contribution in [0.5, 0.6) is 0 Å². The minimum Gasteiger partial charge on any atom is -0.311 e. The Morgan fingerprint density at radius 2 is 0.657 bits per heavy atom. The normalized spacial score (nSPS) is 12.0. The number of hydrogen-bond acceptors (Lipinski definition) is 1. The van der Waals surface area contributed by atoms with Crippen molar-refractivity contribution in [1.29, 1.82) is 0 Å². The molecule has 14 rings (SSSR count). The molecule has 3 aromatic heterocycles. The van der Waals surface area contributed by atoms with Crippen LogP contribution in [0.1, 0.15) is 0 Å². The van der Waals surface area contributed by atoms with Crippen molar-refractivity contribution in [3.05, 3.63) is 273 Å². The fraction of sp³-hybridized carbons (Fsp3) is 0. The first-order valence-electron chi connectivity index (χ1n) is 24.2. The summed E-state index contributed by atoms with van der Waals surface area (Å²) in [7, 11) is -2.72. The Balaban J connectivity index is 0.911. The summed E-state index contributed by atoms with van der Waals surface area (Å²) >= 11 is 0. The number of para-hydroxylation sites is 4. The van der Waals surface area contributed by atoms with E-state index in [1.807, 2.05) is 0 Å². The van der Waals surface area contributed by atoms with Crippen LogP contribution in [0, 0.1) is 0 Å². The predicted molar refractivity (Wildman–Crippen MR) is 299 cm³/mol. The van der Waals surface area contributed by atoms with Crippen LogP contribution in [0.3, 0.4) is 0 Å². The van der Waals surface area contributed by atoms with Gasteiger partial charge in [0.15, 0.2) is 8.07 Å². The van der Waals surface area contributed by atoms with Gasteiger partial charge in [-0.15, -0.1) is 0 Å². The van der Waals surface area contributed by atoms with Crippen molar-refractivity contribution in [3.8, 4) is 16.8 Å². The Kier molecular flexibility index (Phi) is 9.23. The van der Waals surface area contributed by atoms with Gasteiger partial charge in [-0.2, -0.15) is 0 Å². The molecule has 0 unspecified atom stereocenters. The summed E-state index contributed by atoms with van der Waals surface area (Å²) in [6.07, 6.45) is 0. The highest BCUT2D eigenvalue weighted by molar-refractivity contribution is 7.19. The lowest BCUT2D eigenvalue weighted by atomic mass is 10.0. The maximum Gasteiger partial charge on any atom is 0.179 e. The number of hydrogen-bond donors (Lipinski definition) is 0. The van der Waals surface area contributed by atoms with Crippen molar-refractivity contribution < 1.29 is 0 Å². The third-order valence-electron chi connectivity index (χ3n) is 14.8. The van der Waals surface area contributed by atoms with Crippen molar-refractivity contribution in [3.63, 3.8) is 0 Å². The first kappa shape index (κ1) is 40.1. The molecule has 328 valence electrons. The zero-order valence-corrected chi connectivity index (χ0v) is 39.3. The maximum absolute atomic E-state index is 2.72. The number of aromatic nitrogens is 2. The Labute approximate surface area is 407 Å². The summed E-state index contributed by atoms with van der Waals surface area (Å²) < 4.78 is 4.85. The smallest absolute Gasteiger partial charge is 0.179 e. The third kappa shape index (κ3) is 6.07. The van der Waals surface area contributed by atoms with E-state index >= 15 is 0 Å². The van der Waals surface area contributed by atoms with E-state index in [0.29, 0.717) is 0 Å². The second kappa shape index (κ2) is 16.1. The number of anilines is 3. The summed E-state index contributed by atoms with van der Waals surface area (Å²) in [6.45, 7) is 0. The summed E-state index contributed by atoms with van der Waals surface area (Å²) in [5.74, 6) is 0. The molecule has 0 radical (unpaired) electrons. The van der Waals surface area contributed by atoms with Gasteiger partial charge in [-0.1, -0.05) is 200 Å². The molecule has 4 heteroatoms. The Hall–Kier alpha value is -8.96. The topological polar surface area (TPSA) is 12.6 Å². The third-order valence-corrected chi connectivity index (χ3v) is 19.6. The lowest BCUT2D eigenvalue weighted by Gasteiger charge is -2.35. The van der Waals surface area contributed by atoms with Crippen LogP contribution in [-0.2, 0) is 0 Å². The van der Waals surface area contributed by atoms with Crippen LogP contribution < -0.4 is 25.6 Å². The number of rotatable bonds is 9. The summed E-state index contributed by atoms with van der Waals surface area (Å²) in [5.41, 5.74) is 13.0. The largest absolute Gasteiger partial charge is 0.311 e. The Morgan fingerprint density at radius 3 is 1.19 bits per heavy atom. The molecule has 70 heavy (non-hydrogen) atoms. The Bertz CT molecular complexity index is 4050. The molecule has 0 amide bonds. The molecule has 0 N–H and O–H groups in total. The van der Waals surface area contributed by atoms with Gasteiger partial charge in [0.1, 0.15) is 0 Å². The molecule has 0 saturated carbocycles. The number of nitrogens with zero attached hydrogens (tertiary/aromatic N) is 3. The zero-order valence-electron chi connectivity index (χ0n) is 38.3. The van der Waals surface area contributed by atoms with Gasteiger partial charge in [0.2, 0.25) is 0 Å². The van der Waals surface area contributed by atoms with Crippen LogP contribution in [0.4, 0.5) is 17.1 Å². The highest BCUT2D eigenvalue weighted by Gasteiger charge is 2.41. The van der Waals surface area contributed by atoms with Gasteiger partial charge < -0.3 is 13.9 Å². The molecule has 0 fully saturated rings. The van der Waals surface area contributed by atoms with Crippen LogP contribution in [-0.4, -0.2) is 17.0 Å². The van der Waals surface area contributed by atoms with Gasteiger partial charge in [-0.3, -0.25) is 0 Å². The van der Waals surface area contributed by atoms with Crippen molar-refractivity contribution >= 4 is 106 Å². The first-order chi connectivity index (χ1) is 34.7. The minimum atomic E-state index is -2.72. The van der Waals surface area contributed by atoms with Crippen molar-refractivity contribution in [2.75, 3.05) is 4.90 Å². The minimum absolute atomic E-state index is 1.08. The van der Waals surface area contributed by atoms with E-state index in [1.54, 1.807) is 0 Å². The summed E-state index contributed by atoms with van der Waals surface area (Å²) in [4.78, 5) is 2.40. The SMILES string of the molecule is c1ccc([Si](c2ccccc2)(c2ccccc2)c2ccc(N(c3ccc(-c4ccc5c6cccc7c8ccccc8n(c5c4)c76)cc3)c3ccc(-n4c5ccccc5c5ccccc54)cc3)cc2)cc1. The molecule has 0 bridgehead atoms. The highest BCUT2D eigenvalue weighted by atomic mass is 28.3. The molecule has 0 aliphatic carbocycles. The lowest BCUT2D eigenvalue weighted by molar-refractivity contribution is 1.17. The molecular formula is C66H45N3Si. The molecule has 3 nitrogen and oxygen atoms in total. The zero-order chi connectivity index (χ0) is 46.2. The van der Waals surface area contributed by atoms with Crippen LogP contribution in [0.2, 0.25) is 0 Å².